The van der Waals surface area contributed by atoms with Crippen molar-refractivity contribution in [2.75, 3.05) is 29.6 Å². The van der Waals surface area contributed by atoms with Gasteiger partial charge in [-0.05, 0) is 31.2 Å². The average molecular weight is 395 g/mol. The molecule has 142 valence electrons. The molecule has 3 heterocycles. The van der Waals surface area contributed by atoms with Gasteiger partial charge in [0.15, 0.2) is 6.61 Å². The van der Waals surface area contributed by atoms with Crippen LogP contribution in [0.5, 0.6) is 5.75 Å². The van der Waals surface area contributed by atoms with Gasteiger partial charge in [0.1, 0.15) is 15.5 Å². The number of anilines is 3. The van der Waals surface area contributed by atoms with Crippen molar-refractivity contribution in [1.82, 2.24) is 4.98 Å². The molecule has 3 N–H and O–H groups in total. The molecule has 0 saturated heterocycles. The summed E-state index contributed by atoms with van der Waals surface area (Å²) < 4.78 is 5.34. The van der Waals surface area contributed by atoms with Crippen molar-refractivity contribution in [3.05, 3.63) is 35.3 Å². The quantitative estimate of drug-likeness (QED) is 0.585. The molecule has 28 heavy (non-hydrogen) atoms. The van der Waals surface area contributed by atoms with E-state index in [1.807, 2.05) is 13.1 Å². The van der Waals surface area contributed by atoms with E-state index in [1.165, 1.54) is 11.3 Å². The highest BCUT2D eigenvalue weighted by molar-refractivity contribution is 7.21. The number of thiophene rings is 1. The van der Waals surface area contributed by atoms with Gasteiger partial charge in [0.05, 0.1) is 16.8 Å². The van der Waals surface area contributed by atoms with E-state index >= 15 is 0 Å². The molecular weight excluding hydrogens is 378 g/mol. The number of pyridine rings is 1. The third-order valence-corrected chi connectivity index (χ3v) is 5.26. The number of hydrogen-bond acceptors (Lipinski definition) is 7. The molecule has 0 saturated carbocycles. The predicted molar refractivity (Wildman–Crippen MR) is 112 cm³/mol. The number of carbonyl (C=O) groups excluding carboxylic acids is 2. The minimum absolute atomic E-state index is 0.0142. The summed E-state index contributed by atoms with van der Waals surface area (Å²) in [5, 5.41) is 9.52. The number of carbonyl (C=O) groups is 2. The topological polar surface area (TPSA) is 105 Å². The third kappa shape index (κ3) is 3.16. The highest BCUT2D eigenvalue weighted by atomic mass is 32.1. The third-order valence-electron chi connectivity index (χ3n) is 4.17. The van der Waals surface area contributed by atoms with Gasteiger partial charge in [-0.3, -0.25) is 14.6 Å². The Balaban J connectivity index is 1.71. The van der Waals surface area contributed by atoms with Crippen molar-refractivity contribution in [2.45, 2.75) is 6.92 Å². The second-order valence-corrected chi connectivity index (χ2v) is 6.96. The minimum atomic E-state index is -0.298. The average Bonchev–Trinajstić information content (AvgIpc) is 3.07. The fourth-order valence-corrected chi connectivity index (χ4v) is 3.98. The Morgan fingerprint density at radius 3 is 3.04 bits per heavy atom. The van der Waals surface area contributed by atoms with Crippen molar-refractivity contribution < 1.29 is 14.3 Å². The molecule has 2 amide bonds. The van der Waals surface area contributed by atoms with Crippen LogP contribution in [0.2, 0.25) is 0 Å². The van der Waals surface area contributed by atoms with Crippen molar-refractivity contribution in [3.63, 3.8) is 0 Å². The lowest BCUT2D eigenvalue weighted by molar-refractivity contribution is -0.118. The van der Waals surface area contributed by atoms with Gasteiger partial charge in [-0.2, -0.15) is 0 Å². The molecule has 1 aromatic carbocycles. The van der Waals surface area contributed by atoms with E-state index in [0.717, 1.165) is 15.9 Å². The van der Waals surface area contributed by atoms with Crippen molar-refractivity contribution in [1.29, 1.82) is 0 Å². The number of hydrogen-bond donors (Lipinski definition) is 3. The predicted octanol–water partition coefficient (Wildman–Crippen LogP) is 3.64. The Hall–Kier alpha value is -3.46. The number of fused-ring (bicyclic) bond motifs is 2. The molecule has 0 spiro atoms. The lowest BCUT2D eigenvalue weighted by atomic mass is 10.2. The summed E-state index contributed by atoms with van der Waals surface area (Å²) in [5.74, 6) is 0.0398. The smallest absolute Gasteiger partial charge is 0.268 e. The summed E-state index contributed by atoms with van der Waals surface area (Å²) in [7, 11) is 1.81. The number of aromatic nitrogens is 1. The monoisotopic (exact) mass is 395 g/mol. The molecule has 2 aromatic heterocycles. The van der Waals surface area contributed by atoms with Crippen molar-refractivity contribution in [2.24, 2.45) is 4.99 Å². The first-order valence-corrected chi connectivity index (χ1v) is 9.38. The maximum Gasteiger partial charge on any atom is 0.268 e. The van der Waals surface area contributed by atoms with Gasteiger partial charge >= 0.3 is 0 Å². The number of nitrogens with one attached hydrogen (secondary N) is 3. The second kappa shape index (κ2) is 7.28. The van der Waals surface area contributed by atoms with Crippen LogP contribution in [0.3, 0.4) is 0 Å². The van der Waals surface area contributed by atoms with Crippen LogP contribution in [-0.4, -0.2) is 36.7 Å². The van der Waals surface area contributed by atoms with E-state index in [9.17, 15) is 9.59 Å². The first-order chi connectivity index (χ1) is 13.6. The van der Waals surface area contributed by atoms with E-state index in [-0.39, 0.29) is 18.4 Å². The summed E-state index contributed by atoms with van der Waals surface area (Å²) in [6, 6.07) is 6.94. The van der Waals surface area contributed by atoms with Crippen LogP contribution in [0.4, 0.5) is 22.7 Å². The Labute approximate surface area is 164 Å². The van der Waals surface area contributed by atoms with Crippen LogP contribution in [0.15, 0.2) is 35.5 Å². The fourth-order valence-electron chi connectivity index (χ4n) is 2.97. The van der Waals surface area contributed by atoms with Gasteiger partial charge in [-0.15, -0.1) is 11.3 Å². The molecule has 0 radical (unpaired) electrons. The SMILES string of the molecule is CC=Nc1c(C(=O)Nc2ccc3c(c2)NC(=O)CO3)sc2nccc(NC)c12. The molecule has 0 bridgehead atoms. The number of amides is 2. The maximum atomic E-state index is 13.0. The Morgan fingerprint density at radius 2 is 2.25 bits per heavy atom. The number of rotatable bonds is 4. The van der Waals surface area contributed by atoms with Gasteiger partial charge in [0.2, 0.25) is 0 Å². The lowest BCUT2D eigenvalue weighted by Gasteiger charge is -2.18. The largest absolute Gasteiger partial charge is 0.482 e. The van der Waals surface area contributed by atoms with E-state index in [2.05, 4.69) is 25.9 Å². The van der Waals surface area contributed by atoms with E-state index < -0.39 is 0 Å². The molecule has 1 aliphatic rings. The zero-order valence-electron chi connectivity index (χ0n) is 15.2. The number of benzene rings is 1. The number of aliphatic imine (C=N–C) groups is 1. The van der Waals surface area contributed by atoms with Crippen molar-refractivity contribution in [3.8, 4) is 5.75 Å². The second-order valence-electron chi connectivity index (χ2n) is 5.96. The maximum absolute atomic E-state index is 13.0. The van der Waals surface area contributed by atoms with E-state index in [0.29, 0.717) is 27.7 Å². The zero-order valence-corrected chi connectivity index (χ0v) is 16.0. The number of nitrogens with zero attached hydrogens (tertiary/aromatic N) is 2. The first kappa shape index (κ1) is 17.9. The van der Waals surface area contributed by atoms with E-state index in [1.54, 1.807) is 37.5 Å². The molecular formula is C19H17N5O3S. The van der Waals surface area contributed by atoms with Crippen LogP contribution < -0.4 is 20.7 Å². The zero-order chi connectivity index (χ0) is 19.7. The molecule has 3 aromatic rings. The first-order valence-electron chi connectivity index (χ1n) is 8.56. The molecule has 0 atom stereocenters. The highest BCUT2D eigenvalue weighted by Gasteiger charge is 2.22. The standard InChI is InChI=1S/C19H17N5O3S/c1-3-21-16-15-11(20-2)6-7-22-19(15)28-17(16)18(26)23-10-4-5-13-12(8-10)24-14(25)9-27-13/h3-8H,9H2,1-2H3,(H,20,22)(H,23,26)(H,24,25). The molecule has 9 heteroatoms. The summed E-state index contributed by atoms with van der Waals surface area (Å²) in [4.78, 5) is 34.4. The Kier molecular flexibility index (Phi) is 4.66. The fraction of sp³-hybridized carbons (Fsp3) is 0.158. The van der Waals surface area contributed by atoms with Crippen LogP contribution in [-0.2, 0) is 4.79 Å². The summed E-state index contributed by atoms with van der Waals surface area (Å²) >= 11 is 1.28. The summed E-state index contributed by atoms with van der Waals surface area (Å²) in [5.41, 5.74) is 2.50. The summed E-state index contributed by atoms with van der Waals surface area (Å²) in [6.45, 7) is 1.78. The van der Waals surface area contributed by atoms with Crippen LogP contribution in [0, 0.1) is 0 Å². The normalized spacial score (nSPS) is 13.1. The van der Waals surface area contributed by atoms with E-state index in [4.69, 9.17) is 4.74 Å². The van der Waals surface area contributed by atoms with Gasteiger partial charge < -0.3 is 20.7 Å². The molecule has 8 nitrogen and oxygen atoms in total. The van der Waals surface area contributed by atoms with Crippen LogP contribution >= 0.6 is 11.3 Å². The molecule has 0 fully saturated rings. The van der Waals surface area contributed by atoms with Gasteiger partial charge in [0, 0.05) is 30.8 Å². The molecule has 4 rings (SSSR count). The Morgan fingerprint density at radius 1 is 1.39 bits per heavy atom. The molecule has 0 unspecified atom stereocenters. The highest BCUT2D eigenvalue weighted by Crippen LogP contribution is 2.41. The molecule has 1 aliphatic heterocycles. The Bertz CT molecular complexity index is 1120. The minimum Gasteiger partial charge on any atom is -0.482 e. The van der Waals surface area contributed by atoms with Gasteiger partial charge in [0.25, 0.3) is 11.8 Å². The number of ether oxygens (including phenoxy) is 1. The molecule has 0 aliphatic carbocycles. The van der Waals surface area contributed by atoms with Crippen molar-refractivity contribution >= 4 is 62.3 Å². The van der Waals surface area contributed by atoms with Crippen LogP contribution in [0.1, 0.15) is 16.6 Å². The summed E-state index contributed by atoms with van der Waals surface area (Å²) in [6.07, 6.45) is 3.34. The van der Waals surface area contributed by atoms with Gasteiger partial charge in [-0.25, -0.2) is 4.98 Å². The van der Waals surface area contributed by atoms with Gasteiger partial charge in [-0.1, -0.05) is 0 Å². The van der Waals surface area contributed by atoms with Crippen LogP contribution in [0.25, 0.3) is 10.2 Å². The lowest BCUT2D eigenvalue weighted by Crippen LogP contribution is -2.25.